The van der Waals surface area contributed by atoms with E-state index in [0.29, 0.717) is 0 Å². The molecule has 2 aliphatic carbocycles. The van der Waals surface area contributed by atoms with Crippen molar-refractivity contribution >= 4 is 23.2 Å². The number of hydrogen-bond donors (Lipinski definition) is 0. The standard InChI is InChI=1S/C15H18Cl2/c16-14-5-3-11(4-6-14)15(17)9-13-8-10-1-2-12(13)7-10/h3-6,10,12-13,15H,1-2,7-9H2. The maximum Gasteiger partial charge on any atom is 0.0588 e. The lowest BCUT2D eigenvalue weighted by molar-refractivity contribution is 0.312. The van der Waals surface area contributed by atoms with E-state index in [1.807, 2.05) is 12.1 Å². The Labute approximate surface area is 113 Å². The summed E-state index contributed by atoms with van der Waals surface area (Å²) in [4.78, 5) is 0. The van der Waals surface area contributed by atoms with Crippen LogP contribution in [0.25, 0.3) is 0 Å². The molecule has 4 atom stereocenters. The molecule has 2 heteroatoms. The molecule has 0 aromatic heterocycles. The molecule has 0 saturated heterocycles. The summed E-state index contributed by atoms with van der Waals surface area (Å²) in [6.07, 6.45) is 6.94. The second-order valence-electron chi connectivity index (χ2n) is 5.69. The van der Waals surface area contributed by atoms with Crippen LogP contribution < -0.4 is 0 Å². The Bertz CT molecular complexity index is 384. The normalized spacial score (nSPS) is 32.9. The van der Waals surface area contributed by atoms with Crippen molar-refractivity contribution in [3.63, 3.8) is 0 Å². The molecular weight excluding hydrogens is 251 g/mol. The summed E-state index contributed by atoms with van der Waals surface area (Å²) in [5.74, 6) is 2.85. The first kappa shape index (κ1) is 11.9. The summed E-state index contributed by atoms with van der Waals surface area (Å²) in [7, 11) is 0. The molecule has 2 fully saturated rings. The van der Waals surface area contributed by atoms with Gasteiger partial charge in [0.05, 0.1) is 5.38 Å². The Morgan fingerprint density at radius 3 is 2.47 bits per heavy atom. The fourth-order valence-electron chi connectivity index (χ4n) is 3.74. The van der Waals surface area contributed by atoms with Gasteiger partial charge in [0, 0.05) is 5.02 Å². The smallest absolute Gasteiger partial charge is 0.0588 e. The largest absolute Gasteiger partial charge is 0.118 e. The summed E-state index contributed by atoms with van der Waals surface area (Å²) in [6, 6.07) is 8.00. The average molecular weight is 269 g/mol. The highest BCUT2D eigenvalue weighted by Crippen LogP contribution is 2.51. The summed E-state index contributed by atoms with van der Waals surface area (Å²) in [6.45, 7) is 0. The maximum absolute atomic E-state index is 6.53. The minimum atomic E-state index is 0.164. The zero-order chi connectivity index (χ0) is 11.8. The van der Waals surface area contributed by atoms with E-state index in [2.05, 4.69) is 12.1 Å². The third kappa shape index (κ3) is 2.48. The number of benzene rings is 1. The first-order chi connectivity index (χ1) is 8.22. The van der Waals surface area contributed by atoms with E-state index in [1.165, 1.54) is 31.2 Å². The van der Waals surface area contributed by atoms with Crippen LogP contribution in [0.15, 0.2) is 24.3 Å². The van der Waals surface area contributed by atoms with Crippen LogP contribution in [0.4, 0.5) is 0 Å². The van der Waals surface area contributed by atoms with Crippen molar-refractivity contribution in [3.05, 3.63) is 34.9 Å². The zero-order valence-electron chi connectivity index (χ0n) is 9.91. The van der Waals surface area contributed by atoms with Crippen molar-refractivity contribution in [1.29, 1.82) is 0 Å². The van der Waals surface area contributed by atoms with Crippen LogP contribution in [-0.2, 0) is 0 Å². The minimum absolute atomic E-state index is 0.164. The third-order valence-corrected chi connectivity index (χ3v) is 5.31. The Hall–Kier alpha value is -0.200. The van der Waals surface area contributed by atoms with E-state index in [4.69, 9.17) is 23.2 Å². The monoisotopic (exact) mass is 268 g/mol. The van der Waals surface area contributed by atoms with E-state index in [-0.39, 0.29) is 5.38 Å². The van der Waals surface area contributed by atoms with Crippen LogP contribution in [0, 0.1) is 17.8 Å². The fraction of sp³-hybridized carbons (Fsp3) is 0.600. The predicted molar refractivity (Wildman–Crippen MR) is 73.6 cm³/mol. The number of alkyl halides is 1. The van der Waals surface area contributed by atoms with Crippen molar-refractivity contribution in [1.82, 2.24) is 0 Å². The van der Waals surface area contributed by atoms with Crippen LogP contribution in [-0.4, -0.2) is 0 Å². The second-order valence-corrected chi connectivity index (χ2v) is 6.65. The number of hydrogen-bond acceptors (Lipinski definition) is 0. The Morgan fingerprint density at radius 1 is 1.12 bits per heavy atom. The van der Waals surface area contributed by atoms with Crippen molar-refractivity contribution in [2.24, 2.45) is 17.8 Å². The summed E-state index contributed by atoms with van der Waals surface area (Å²) < 4.78 is 0. The summed E-state index contributed by atoms with van der Waals surface area (Å²) >= 11 is 12.4. The first-order valence-corrected chi connectivity index (χ1v) is 7.43. The molecule has 2 aliphatic rings. The van der Waals surface area contributed by atoms with Crippen LogP contribution >= 0.6 is 23.2 Å². The molecule has 92 valence electrons. The minimum Gasteiger partial charge on any atom is -0.118 e. The lowest BCUT2D eigenvalue weighted by atomic mass is 9.84. The van der Waals surface area contributed by atoms with E-state index in [9.17, 15) is 0 Å². The molecule has 0 radical (unpaired) electrons. The lowest BCUT2D eigenvalue weighted by Crippen LogP contribution is -2.12. The van der Waals surface area contributed by atoms with Gasteiger partial charge in [0.15, 0.2) is 0 Å². The molecule has 0 aliphatic heterocycles. The van der Waals surface area contributed by atoms with Gasteiger partial charge < -0.3 is 0 Å². The van der Waals surface area contributed by atoms with Gasteiger partial charge >= 0.3 is 0 Å². The van der Waals surface area contributed by atoms with E-state index in [0.717, 1.165) is 29.2 Å². The number of halogens is 2. The summed E-state index contributed by atoms with van der Waals surface area (Å²) in [5, 5.41) is 0.953. The second kappa shape index (κ2) is 4.82. The molecule has 3 rings (SSSR count). The van der Waals surface area contributed by atoms with Crippen molar-refractivity contribution in [2.75, 3.05) is 0 Å². The molecule has 2 bridgehead atoms. The fourth-order valence-corrected chi connectivity index (χ4v) is 4.24. The average Bonchev–Trinajstić information content (AvgIpc) is 2.91. The predicted octanol–water partition coefficient (Wildman–Crippen LogP) is 5.45. The molecule has 17 heavy (non-hydrogen) atoms. The molecular formula is C15H18Cl2. The molecule has 2 saturated carbocycles. The van der Waals surface area contributed by atoms with Gasteiger partial charge in [0.1, 0.15) is 0 Å². The lowest BCUT2D eigenvalue weighted by Gasteiger charge is -2.24. The van der Waals surface area contributed by atoms with Crippen molar-refractivity contribution in [2.45, 2.75) is 37.5 Å². The van der Waals surface area contributed by atoms with Crippen LogP contribution in [0.1, 0.15) is 43.0 Å². The third-order valence-electron chi connectivity index (χ3n) is 4.63. The SMILES string of the molecule is Clc1ccc(C(Cl)CC2CC3CCC2C3)cc1. The van der Waals surface area contributed by atoms with Gasteiger partial charge in [0.25, 0.3) is 0 Å². The number of fused-ring (bicyclic) bond motifs is 2. The van der Waals surface area contributed by atoms with Gasteiger partial charge in [-0.15, -0.1) is 11.6 Å². The van der Waals surface area contributed by atoms with Gasteiger partial charge in [-0.05, 0) is 61.1 Å². The molecule has 4 unspecified atom stereocenters. The first-order valence-electron chi connectivity index (χ1n) is 6.62. The van der Waals surface area contributed by atoms with Gasteiger partial charge in [0.2, 0.25) is 0 Å². The zero-order valence-corrected chi connectivity index (χ0v) is 11.4. The van der Waals surface area contributed by atoms with Gasteiger partial charge in [-0.25, -0.2) is 0 Å². The Balaban J connectivity index is 1.63. The highest BCUT2D eigenvalue weighted by atomic mass is 35.5. The highest BCUT2D eigenvalue weighted by molar-refractivity contribution is 6.30. The Morgan fingerprint density at radius 2 is 1.88 bits per heavy atom. The van der Waals surface area contributed by atoms with E-state index < -0.39 is 0 Å². The van der Waals surface area contributed by atoms with Crippen LogP contribution in [0.3, 0.4) is 0 Å². The molecule has 0 N–H and O–H groups in total. The van der Waals surface area contributed by atoms with Gasteiger partial charge in [-0.3, -0.25) is 0 Å². The summed E-state index contributed by atoms with van der Waals surface area (Å²) in [5.41, 5.74) is 1.22. The van der Waals surface area contributed by atoms with Crippen molar-refractivity contribution in [3.8, 4) is 0 Å². The number of rotatable bonds is 3. The van der Waals surface area contributed by atoms with E-state index in [1.54, 1.807) is 0 Å². The van der Waals surface area contributed by atoms with Gasteiger partial charge in [-0.2, -0.15) is 0 Å². The molecule has 0 heterocycles. The topological polar surface area (TPSA) is 0 Å². The maximum atomic E-state index is 6.53. The quantitative estimate of drug-likeness (QED) is 0.640. The molecule has 0 spiro atoms. The van der Waals surface area contributed by atoms with Crippen LogP contribution in [0.2, 0.25) is 5.02 Å². The molecule has 0 amide bonds. The van der Waals surface area contributed by atoms with Crippen molar-refractivity contribution < 1.29 is 0 Å². The van der Waals surface area contributed by atoms with Crippen LogP contribution in [0.5, 0.6) is 0 Å². The molecule has 1 aromatic rings. The Kier molecular flexibility index (Phi) is 3.36. The van der Waals surface area contributed by atoms with Gasteiger partial charge in [-0.1, -0.05) is 30.2 Å². The van der Waals surface area contributed by atoms with E-state index >= 15 is 0 Å². The highest BCUT2D eigenvalue weighted by Gasteiger charge is 2.39. The molecule has 0 nitrogen and oxygen atoms in total. The molecule has 1 aromatic carbocycles.